The summed E-state index contributed by atoms with van der Waals surface area (Å²) >= 11 is 0. The average molecular weight is 356 g/mol. The first-order valence-electron chi connectivity index (χ1n) is 8.40. The molecule has 2 aromatic rings. The van der Waals surface area contributed by atoms with Gasteiger partial charge in [-0.3, -0.25) is 0 Å². The van der Waals surface area contributed by atoms with Gasteiger partial charge in [0.15, 0.2) is 0 Å². The molecule has 5 nitrogen and oxygen atoms in total. The van der Waals surface area contributed by atoms with Crippen LogP contribution in [0.1, 0.15) is 40.9 Å². The van der Waals surface area contributed by atoms with Gasteiger partial charge in [0.2, 0.25) is 0 Å². The third-order valence-corrected chi connectivity index (χ3v) is 4.22. The van der Waals surface area contributed by atoms with Crippen LogP contribution in [0.5, 0.6) is 17.2 Å². The minimum absolute atomic E-state index is 0.0536. The molecule has 2 rings (SSSR count). The normalized spacial score (nSPS) is 10.4. The van der Waals surface area contributed by atoms with E-state index in [0.29, 0.717) is 24.8 Å². The number of aromatic hydroxyl groups is 3. The largest absolute Gasteiger partial charge is 0.508 e. The molecular formula is C21H24O5. The van der Waals surface area contributed by atoms with Crippen molar-refractivity contribution in [3.05, 3.63) is 64.2 Å². The van der Waals surface area contributed by atoms with Gasteiger partial charge in [-0.25, -0.2) is 4.79 Å². The summed E-state index contributed by atoms with van der Waals surface area (Å²) in [4.78, 5) is 12.2. The zero-order valence-corrected chi connectivity index (χ0v) is 15.2. The van der Waals surface area contributed by atoms with Crippen molar-refractivity contribution in [2.24, 2.45) is 0 Å². The fourth-order valence-electron chi connectivity index (χ4n) is 2.77. The number of phenolic OH excluding ortho intramolecular Hbond substituents is 3. The highest BCUT2D eigenvalue weighted by Gasteiger charge is 2.23. The van der Waals surface area contributed by atoms with E-state index in [4.69, 9.17) is 4.74 Å². The van der Waals surface area contributed by atoms with E-state index in [0.717, 1.165) is 11.1 Å². The molecule has 0 fully saturated rings. The molecular weight excluding hydrogens is 332 g/mol. The number of hydrogen-bond donors (Lipinski definition) is 3. The molecule has 0 saturated carbocycles. The highest BCUT2D eigenvalue weighted by atomic mass is 16.5. The fraction of sp³-hybridized carbons (Fsp3) is 0.286. The van der Waals surface area contributed by atoms with E-state index in [1.54, 1.807) is 18.2 Å². The quantitative estimate of drug-likeness (QED) is 0.540. The number of ether oxygens (including phenoxy) is 1. The van der Waals surface area contributed by atoms with E-state index in [1.807, 2.05) is 26.0 Å². The molecule has 2 aromatic carbocycles. The Morgan fingerprint density at radius 2 is 1.69 bits per heavy atom. The topological polar surface area (TPSA) is 87.0 Å². The molecule has 0 unspecified atom stereocenters. The summed E-state index contributed by atoms with van der Waals surface area (Å²) in [6.45, 7) is 3.83. The summed E-state index contributed by atoms with van der Waals surface area (Å²) in [5, 5.41) is 30.8. The van der Waals surface area contributed by atoms with Gasteiger partial charge in [0, 0.05) is 5.56 Å². The first-order chi connectivity index (χ1) is 12.3. The molecule has 0 spiro atoms. The molecule has 0 amide bonds. The molecule has 26 heavy (non-hydrogen) atoms. The van der Waals surface area contributed by atoms with E-state index in [1.165, 1.54) is 13.2 Å². The smallest absolute Gasteiger partial charge is 0.341 e. The van der Waals surface area contributed by atoms with Crippen LogP contribution in [0.4, 0.5) is 0 Å². The van der Waals surface area contributed by atoms with E-state index < -0.39 is 5.97 Å². The summed E-state index contributed by atoms with van der Waals surface area (Å²) in [6, 6.07) is 8.41. The second kappa shape index (κ2) is 8.43. The summed E-state index contributed by atoms with van der Waals surface area (Å²) in [5.74, 6) is -0.824. The molecule has 0 aliphatic rings. The van der Waals surface area contributed by atoms with Crippen molar-refractivity contribution in [2.45, 2.75) is 33.1 Å². The first-order valence-corrected chi connectivity index (χ1v) is 8.40. The number of esters is 1. The zero-order chi connectivity index (χ0) is 19.3. The fourth-order valence-corrected chi connectivity index (χ4v) is 2.77. The SMILES string of the molecule is COC(=O)c1c(CCc2ccccc2O)cc(O)c(CC=C(C)C)c1O. The van der Waals surface area contributed by atoms with Gasteiger partial charge in [-0.05, 0) is 56.4 Å². The minimum Gasteiger partial charge on any atom is -0.508 e. The number of rotatable bonds is 6. The average Bonchev–Trinajstić information content (AvgIpc) is 2.59. The van der Waals surface area contributed by atoms with Crippen molar-refractivity contribution in [3.63, 3.8) is 0 Å². The Kier molecular flexibility index (Phi) is 6.28. The Morgan fingerprint density at radius 3 is 2.31 bits per heavy atom. The number of benzene rings is 2. The van der Waals surface area contributed by atoms with Crippen molar-refractivity contribution < 1.29 is 24.9 Å². The highest BCUT2D eigenvalue weighted by Crippen LogP contribution is 2.36. The van der Waals surface area contributed by atoms with E-state index in [2.05, 4.69) is 0 Å². The van der Waals surface area contributed by atoms with Gasteiger partial charge in [0.1, 0.15) is 22.8 Å². The van der Waals surface area contributed by atoms with Crippen LogP contribution in [-0.2, 0) is 24.0 Å². The van der Waals surface area contributed by atoms with Gasteiger partial charge in [0.25, 0.3) is 0 Å². The lowest BCUT2D eigenvalue weighted by Gasteiger charge is -2.15. The second-order valence-corrected chi connectivity index (χ2v) is 6.36. The summed E-state index contributed by atoms with van der Waals surface area (Å²) < 4.78 is 4.81. The number of phenols is 3. The van der Waals surface area contributed by atoms with E-state index >= 15 is 0 Å². The Hall–Kier alpha value is -2.95. The lowest BCUT2D eigenvalue weighted by Crippen LogP contribution is -2.09. The van der Waals surface area contributed by atoms with E-state index in [-0.39, 0.29) is 28.4 Å². The van der Waals surface area contributed by atoms with Crippen LogP contribution >= 0.6 is 0 Å². The van der Waals surface area contributed by atoms with Gasteiger partial charge >= 0.3 is 5.97 Å². The molecule has 0 aromatic heterocycles. The van der Waals surface area contributed by atoms with Crippen LogP contribution in [0.25, 0.3) is 0 Å². The predicted molar refractivity (Wildman–Crippen MR) is 99.8 cm³/mol. The second-order valence-electron chi connectivity index (χ2n) is 6.36. The maximum atomic E-state index is 12.2. The number of carbonyl (C=O) groups is 1. The molecule has 138 valence electrons. The molecule has 0 saturated heterocycles. The van der Waals surface area contributed by atoms with Crippen LogP contribution < -0.4 is 0 Å². The molecule has 0 aliphatic carbocycles. The molecule has 0 radical (unpaired) electrons. The van der Waals surface area contributed by atoms with Crippen molar-refractivity contribution in [3.8, 4) is 17.2 Å². The molecule has 0 bridgehead atoms. The Bertz CT molecular complexity index is 833. The number of hydrogen-bond acceptors (Lipinski definition) is 5. The first kappa shape index (κ1) is 19.4. The van der Waals surface area contributed by atoms with Crippen LogP contribution in [0.2, 0.25) is 0 Å². The van der Waals surface area contributed by atoms with Crippen molar-refractivity contribution >= 4 is 5.97 Å². The number of allylic oxidation sites excluding steroid dienone is 2. The predicted octanol–water partition coefficient (Wildman–Crippen LogP) is 3.88. The van der Waals surface area contributed by atoms with Crippen LogP contribution in [0, 0.1) is 0 Å². The third kappa shape index (κ3) is 4.36. The Morgan fingerprint density at radius 1 is 1.04 bits per heavy atom. The monoisotopic (exact) mass is 356 g/mol. The summed E-state index contributed by atoms with van der Waals surface area (Å²) in [6.07, 6.45) is 2.97. The minimum atomic E-state index is -0.659. The number of methoxy groups -OCH3 is 1. The number of para-hydroxylation sites is 1. The zero-order valence-electron chi connectivity index (χ0n) is 15.2. The van der Waals surface area contributed by atoms with E-state index in [9.17, 15) is 20.1 Å². The summed E-state index contributed by atoms with van der Waals surface area (Å²) in [7, 11) is 1.25. The van der Waals surface area contributed by atoms with Crippen molar-refractivity contribution in [1.29, 1.82) is 0 Å². The molecule has 0 aliphatic heterocycles. The third-order valence-electron chi connectivity index (χ3n) is 4.22. The lowest BCUT2D eigenvalue weighted by molar-refractivity contribution is 0.0596. The molecule has 0 heterocycles. The Labute approximate surface area is 153 Å². The van der Waals surface area contributed by atoms with Crippen LogP contribution in [-0.4, -0.2) is 28.4 Å². The van der Waals surface area contributed by atoms with Gasteiger partial charge in [0.05, 0.1) is 7.11 Å². The summed E-state index contributed by atoms with van der Waals surface area (Å²) in [5.41, 5.74) is 2.56. The maximum Gasteiger partial charge on any atom is 0.341 e. The number of aryl methyl sites for hydroxylation is 2. The maximum absolute atomic E-state index is 12.2. The molecule has 0 atom stereocenters. The van der Waals surface area contributed by atoms with Crippen molar-refractivity contribution in [1.82, 2.24) is 0 Å². The van der Waals surface area contributed by atoms with Gasteiger partial charge in [-0.2, -0.15) is 0 Å². The van der Waals surface area contributed by atoms with Gasteiger partial charge in [-0.1, -0.05) is 29.8 Å². The highest BCUT2D eigenvalue weighted by molar-refractivity contribution is 5.95. The lowest BCUT2D eigenvalue weighted by atomic mass is 9.94. The van der Waals surface area contributed by atoms with Crippen molar-refractivity contribution in [2.75, 3.05) is 7.11 Å². The van der Waals surface area contributed by atoms with Gasteiger partial charge < -0.3 is 20.1 Å². The standard InChI is InChI=1S/C21H24O5/c1-13(2)8-11-16-18(23)12-15(19(20(16)24)21(25)26-3)10-9-14-6-4-5-7-17(14)22/h4-8,12,22-24H,9-11H2,1-3H3. The van der Waals surface area contributed by atoms with Crippen LogP contribution in [0.15, 0.2) is 42.0 Å². The molecule has 3 N–H and O–H groups in total. The number of carbonyl (C=O) groups excluding carboxylic acids is 1. The van der Waals surface area contributed by atoms with Gasteiger partial charge in [-0.15, -0.1) is 0 Å². The molecule has 5 heteroatoms. The Balaban J connectivity index is 2.43. The van der Waals surface area contributed by atoms with Crippen LogP contribution in [0.3, 0.4) is 0 Å².